The van der Waals surface area contributed by atoms with E-state index >= 15 is 0 Å². The Morgan fingerprint density at radius 1 is 0.893 bits per heavy atom. The highest BCUT2D eigenvalue weighted by Crippen LogP contribution is 2.22. The van der Waals surface area contributed by atoms with Gasteiger partial charge in [0.2, 0.25) is 5.91 Å². The Morgan fingerprint density at radius 2 is 1.64 bits per heavy atom. The number of nitrogens with one attached hydrogen (secondary N) is 1. The summed E-state index contributed by atoms with van der Waals surface area (Å²) in [4.78, 5) is 24.1. The van der Waals surface area contributed by atoms with Crippen molar-refractivity contribution in [2.45, 2.75) is 26.4 Å². The first-order valence-corrected chi connectivity index (χ1v) is 9.53. The van der Waals surface area contributed by atoms with Crippen LogP contribution < -0.4 is 5.32 Å². The van der Waals surface area contributed by atoms with Crippen LogP contribution in [0.2, 0.25) is 0 Å². The smallest absolute Gasteiger partial charge is 0.221 e. The van der Waals surface area contributed by atoms with E-state index in [0.717, 1.165) is 17.4 Å². The number of nitrogens with zero attached hydrogens (tertiary/aromatic N) is 2. The molecule has 0 aliphatic heterocycles. The molecular weight excluding hydrogens is 350 g/mol. The highest BCUT2D eigenvalue weighted by Gasteiger charge is 2.12. The second kappa shape index (κ2) is 7.72. The molecule has 0 aliphatic rings. The number of amides is 1. The number of aromatic nitrogens is 2. The van der Waals surface area contributed by atoms with E-state index in [2.05, 4.69) is 28.1 Å². The van der Waals surface area contributed by atoms with E-state index in [4.69, 9.17) is 0 Å². The number of carbonyl (C=O) groups excluding carboxylic acids is 2. The van der Waals surface area contributed by atoms with E-state index < -0.39 is 0 Å². The lowest BCUT2D eigenvalue weighted by Gasteiger charge is -2.09. The molecular formula is C23H23N3O2. The van der Waals surface area contributed by atoms with Crippen LogP contribution in [0, 0.1) is 0 Å². The number of Topliss-reactive ketones (excluding diaryl/α,β-unsaturated/α-hetero) is 1. The molecule has 0 bridgehead atoms. The predicted octanol–water partition coefficient (Wildman–Crippen LogP) is 4.01. The van der Waals surface area contributed by atoms with Crippen molar-refractivity contribution >= 4 is 33.5 Å². The molecule has 28 heavy (non-hydrogen) atoms. The van der Waals surface area contributed by atoms with E-state index in [9.17, 15) is 9.59 Å². The maximum atomic E-state index is 12.3. The molecule has 0 spiro atoms. The molecule has 5 heteroatoms. The number of hydrogen-bond acceptors (Lipinski definition) is 2. The van der Waals surface area contributed by atoms with Crippen molar-refractivity contribution in [3.8, 4) is 0 Å². The van der Waals surface area contributed by atoms with Gasteiger partial charge in [-0.1, -0.05) is 36.4 Å². The molecule has 4 rings (SSSR count). The molecule has 0 aliphatic carbocycles. The number of ketones is 1. The van der Waals surface area contributed by atoms with Crippen LogP contribution in [0.5, 0.6) is 0 Å². The average Bonchev–Trinajstić information content (AvgIpc) is 3.28. The summed E-state index contributed by atoms with van der Waals surface area (Å²) in [5.74, 6) is 0.0527. The Labute approximate surface area is 163 Å². The van der Waals surface area contributed by atoms with E-state index in [1.165, 1.54) is 10.9 Å². The monoisotopic (exact) mass is 373 g/mol. The van der Waals surface area contributed by atoms with Crippen LogP contribution in [-0.2, 0) is 17.9 Å². The number of rotatable bonds is 7. The molecule has 0 radical (unpaired) electrons. The van der Waals surface area contributed by atoms with Gasteiger partial charge in [0.15, 0.2) is 5.78 Å². The summed E-state index contributed by atoms with van der Waals surface area (Å²) in [6, 6.07) is 18.1. The summed E-state index contributed by atoms with van der Waals surface area (Å²) in [5, 5.41) is 5.14. The third-order valence-corrected chi connectivity index (χ3v) is 5.10. The van der Waals surface area contributed by atoms with Gasteiger partial charge < -0.3 is 14.5 Å². The molecule has 2 heterocycles. The van der Waals surface area contributed by atoms with E-state index in [0.29, 0.717) is 25.1 Å². The van der Waals surface area contributed by atoms with Gasteiger partial charge in [-0.2, -0.15) is 0 Å². The first kappa shape index (κ1) is 18.0. The minimum atomic E-state index is 0.0126. The summed E-state index contributed by atoms with van der Waals surface area (Å²) in [6.07, 6.45) is 4.28. The van der Waals surface area contributed by atoms with Crippen LogP contribution in [-0.4, -0.2) is 27.4 Å². The molecule has 4 aromatic rings. The number of para-hydroxylation sites is 2. The standard InChI is InChI=1S/C23H23N3O2/c1-17(27)20-16-26(22-9-5-3-7-19(20)22)14-11-23(28)24-12-15-25-13-10-18-6-2-4-8-21(18)25/h2-10,13,16H,11-12,14-15H2,1H3,(H,24,28). The molecule has 1 N–H and O–H groups in total. The lowest BCUT2D eigenvalue weighted by Crippen LogP contribution is -2.27. The summed E-state index contributed by atoms with van der Waals surface area (Å²) < 4.78 is 4.14. The molecule has 5 nitrogen and oxygen atoms in total. The fourth-order valence-electron chi connectivity index (χ4n) is 3.67. The van der Waals surface area contributed by atoms with Crippen LogP contribution in [0.25, 0.3) is 21.8 Å². The van der Waals surface area contributed by atoms with Gasteiger partial charge in [0.05, 0.1) is 0 Å². The number of benzene rings is 2. The normalized spacial score (nSPS) is 11.2. The first-order chi connectivity index (χ1) is 13.6. The summed E-state index contributed by atoms with van der Waals surface area (Å²) in [7, 11) is 0. The minimum Gasteiger partial charge on any atom is -0.354 e. The first-order valence-electron chi connectivity index (χ1n) is 9.53. The van der Waals surface area contributed by atoms with Gasteiger partial charge in [0.1, 0.15) is 0 Å². The lowest BCUT2D eigenvalue weighted by atomic mass is 10.1. The van der Waals surface area contributed by atoms with Crippen LogP contribution in [0.4, 0.5) is 0 Å². The fraction of sp³-hybridized carbons (Fsp3) is 0.217. The fourth-order valence-corrected chi connectivity index (χ4v) is 3.67. The van der Waals surface area contributed by atoms with Crippen molar-refractivity contribution in [3.63, 3.8) is 0 Å². The van der Waals surface area contributed by atoms with Crippen LogP contribution in [0.15, 0.2) is 67.0 Å². The van der Waals surface area contributed by atoms with Gasteiger partial charge in [0.25, 0.3) is 0 Å². The Bertz CT molecular complexity index is 1150. The molecule has 0 unspecified atom stereocenters. The highest BCUT2D eigenvalue weighted by molar-refractivity contribution is 6.07. The Hall–Kier alpha value is -3.34. The predicted molar refractivity (Wildman–Crippen MR) is 112 cm³/mol. The van der Waals surface area contributed by atoms with Crippen LogP contribution in [0.1, 0.15) is 23.7 Å². The summed E-state index contributed by atoms with van der Waals surface area (Å²) in [6.45, 7) is 3.44. The zero-order valence-corrected chi connectivity index (χ0v) is 15.9. The number of carbonyl (C=O) groups is 2. The third-order valence-electron chi connectivity index (χ3n) is 5.10. The average molecular weight is 373 g/mol. The molecule has 142 valence electrons. The Kier molecular flexibility index (Phi) is 4.98. The second-order valence-electron chi connectivity index (χ2n) is 6.98. The topological polar surface area (TPSA) is 56.0 Å². The Balaban J connectivity index is 1.35. The van der Waals surface area contributed by atoms with Crippen molar-refractivity contribution < 1.29 is 9.59 Å². The van der Waals surface area contributed by atoms with Gasteiger partial charge in [0, 0.05) is 60.4 Å². The van der Waals surface area contributed by atoms with Crippen molar-refractivity contribution in [2.75, 3.05) is 6.54 Å². The van der Waals surface area contributed by atoms with Gasteiger partial charge in [-0.15, -0.1) is 0 Å². The van der Waals surface area contributed by atoms with Gasteiger partial charge in [-0.3, -0.25) is 9.59 Å². The van der Waals surface area contributed by atoms with Crippen LogP contribution in [0.3, 0.4) is 0 Å². The molecule has 2 aromatic carbocycles. The summed E-state index contributed by atoms with van der Waals surface area (Å²) >= 11 is 0. The van der Waals surface area contributed by atoms with Gasteiger partial charge in [-0.05, 0) is 30.5 Å². The SMILES string of the molecule is CC(=O)c1cn(CCC(=O)NCCn2ccc3ccccc32)c2ccccc12. The zero-order chi connectivity index (χ0) is 19.5. The number of fused-ring (bicyclic) bond motifs is 2. The molecule has 2 aromatic heterocycles. The van der Waals surface area contributed by atoms with Gasteiger partial charge in [-0.25, -0.2) is 0 Å². The van der Waals surface area contributed by atoms with Crippen molar-refractivity contribution in [2.24, 2.45) is 0 Å². The summed E-state index contributed by atoms with van der Waals surface area (Å²) in [5.41, 5.74) is 2.86. The van der Waals surface area contributed by atoms with Crippen molar-refractivity contribution in [1.29, 1.82) is 0 Å². The minimum absolute atomic E-state index is 0.0126. The second-order valence-corrected chi connectivity index (χ2v) is 6.98. The molecule has 0 atom stereocenters. The third kappa shape index (κ3) is 3.56. The Morgan fingerprint density at radius 3 is 2.46 bits per heavy atom. The van der Waals surface area contributed by atoms with E-state index in [-0.39, 0.29) is 11.7 Å². The van der Waals surface area contributed by atoms with E-state index in [1.807, 2.05) is 53.4 Å². The maximum Gasteiger partial charge on any atom is 0.221 e. The zero-order valence-electron chi connectivity index (χ0n) is 15.9. The molecule has 0 saturated carbocycles. The number of aryl methyl sites for hydroxylation is 1. The molecule has 1 amide bonds. The molecule has 0 fully saturated rings. The highest BCUT2D eigenvalue weighted by atomic mass is 16.1. The van der Waals surface area contributed by atoms with E-state index in [1.54, 1.807) is 6.92 Å². The number of hydrogen-bond donors (Lipinski definition) is 1. The van der Waals surface area contributed by atoms with Gasteiger partial charge >= 0.3 is 0 Å². The lowest BCUT2D eigenvalue weighted by molar-refractivity contribution is -0.121. The van der Waals surface area contributed by atoms with Crippen molar-refractivity contribution in [3.05, 3.63) is 72.6 Å². The van der Waals surface area contributed by atoms with Crippen LogP contribution >= 0.6 is 0 Å². The largest absolute Gasteiger partial charge is 0.354 e. The molecule has 0 saturated heterocycles. The maximum absolute atomic E-state index is 12.3. The van der Waals surface area contributed by atoms with Crippen molar-refractivity contribution in [1.82, 2.24) is 14.5 Å². The quantitative estimate of drug-likeness (QED) is 0.498.